The van der Waals surface area contributed by atoms with Crippen molar-refractivity contribution in [2.24, 2.45) is 0 Å². The van der Waals surface area contributed by atoms with Gasteiger partial charge in [0.2, 0.25) is 0 Å². The van der Waals surface area contributed by atoms with E-state index in [-0.39, 0.29) is 5.75 Å². The molecule has 0 saturated heterocycles. The van der Waals surface area contributed by atoms with Crippen LogP contribution in [0.3, 0.4) is 0 Å². The molecule has 2 aromatic carbocycles. The van der Waals surface area contributed by atoms with Gasteiger partial charge < -0.3 is 17.7 Å². The molecule has 0 unspecified atom stereocenters. The summed E-state index contributed by atoms with van der Waals surface area (Å²) in [7, 11) is 0. The molecule has 2 rings (SSSR count). The van der Waals surface area contributed by atoms with Gasteiger partial charge in [-0.1, -0.05) is 24.3 Å². The first-order valence-corrected chi connectivity index (χ1v) is 5.51. The van der Waals surface area contributed by atoms with Gasteiger partial charge in [-0.05, 0) is 22.9 Å². The molecule has 0 N–H and O–H groups in total. The van der Waals surface area contributed by atoms with Crippen LogP contribution in [0.5, 0.6) is 5.75 Å². The van der Waals surface area contributed by atoms with Crippen LogP contribution in [0.4, 0.5) is 21.7 Å². The summed E-state index contributed by atoms with van der Waals surface area (Å²) in [5.41, 5.74) is -0.686. The van der Waals surface area contributed by atoms with E-state index in [1.807, 2.05) is 0 Å². The minimum atomic E-state index is -5.04. The molecule has 0 spiro atoms. The second-order valence-corrected chi connectivity index (χ2v) is 4.05. The Hall–Kier alpha value is -1.79. The highest BCUT2D eigenvalue weighted by molar-refractivity contribution is 6.73. The van der Waals surface area contributed by atoms with E-state index >= 15 is 0 Å². The van der Waals surface area contributed by atoms with E-state index in [0.29, 0.717) is 10.8 Å². The summed E-state index contributed by atoms with van der Waals surface area (Å²) in [6.07, 6.45) is -2.59. The zero-order valence-electron chi connectivity index (χ0n) is 9.62. The predicted molar refractivity (Wildman–Crippen MR) is 64.2 cm³/mol. The first-order chi connectivity index (χ1) is 8.86. The van der Waals surface area contributed by atoms with Crippen molar-refractivity contribution in [2.75, 3.05) is 6.61 Å². The van der Waals surface area contributed by atoms with Gasteiger partial charge in [0.25, 0.3) is 6.43 Å². The van der Waals surface area contributed by atoms with Crippen molar-refractivity contribution >= 4 is 23.2 Å². The van der Waals surface area contributed by atoms with Crippen LogP contribution in [0.25, 0.3) is 10.8 Å². The number of halogens is 5. The highest BCUT2D eigenvalue weighted by atomic mass is 19.4. The Bertz CT molecular complexity index is 582. The van der Waals surface area contributed by atoms with Gasteiger partial charge >= 0.3 is 6.98 Å². The van der Waals surface area contributed by atoms with Crippen molar-refractivity contribution in [1.29, 1.82) is 0 Å². The number of ether oxygens (including phenoxy) is 1. The van der Waals surface area contributed by atoms with E-state index < -0.39 is 25.5 Å². The monoisotopic (exact) mass is 275 g/mol. The SMILES string of the molecule is FC(F)COc1ccc2cc([B-](F)(F)F)ccc2c1. The Balaban J connectivity index is 2.30. The largest absolute Gasteiger partial charge is 0.509 e. The van der Waals surface area contributed by atoms with Gasteiger partial charge in [0.15, 0.2) is 0 Å². The Labute approximate surface area is 106 Å². The molecule has 7 heteroatoms. The van der Waals surface area contributed by atoms with Gasteiger partial charge in [0, 0.05) is 0 Å². The second-order valence-electron chi connectivity index (χ2n) is 4.05. The van der Waals surface area contributed by atoms with Crippen molar-refractivity contribution in [3.63, 3.8) is 0 Å². The van der Waals surface area contributed by atoms with Crippen LogP contribution in [-0.2, 0) is 0 Å². The van der Waals surface area contributed by atoms with Gasteiger partial charge in [-0.15, -0.1) is 5.46 Å². The maximum Gasteiger partial charge on any atom is 0.509 e. The van der Waals surface area contributed by atoms with E-state index in [1.54, 1.807) is 0 Å². The lowest BCUT2D eigenvalue weighted by atomic mass is 9.79. The molecule has 102 valence electrons. The third kappa shape index (κ3) is 3.36. The zero-order chi connectivity index (χ0) is 14.0. The second kappa shape index (κ2) is 5.07. The van der Waals surface area contributed by atoms with Crippen molar-refractivity contribution in [3.05, 3.63) is 36.4 Å². The molecule has 0 radical (unpaired) electrons. The highest BCUT2D eigenvalue weighted by Crippen LogP contribution is 2.22. The number of benzene rings is 2. The normalized spacial score (nSPS) is 12.1. The molecule has 0 aliphatic heterocycles. The van der Waals surface area contributed by atoms with Gasteiger partial charge in [-0.2, -0.15) is 0 Å². The molecule has 0 aliphatic rings. The van der Waals surface area contributed by atoms with E-state index in [0.717, 1.165) is 12.1 Å². The fraction of sp³-hybridized carbons (Fsp3) is 0.167. The lowest BCUT2D eigenvalue weighted by Crippen LogP contribution is -2.33. The van der Waals surface area contributed by atoms with Crippen LogP contribution >= 0.6 is 0 Å². The van der Waals surface area contributed by atoms with E-state index in [4.69, 9.17) is 4.74 Å². The number of hydrogen-bond donors (Lipinski definition) is 0. The zero-order valence-corrected chi connectivity index (χ0v) is 9.62. The standard InChI is InChI=1S/C12H9BF5O/c14-12(15)7-19-11-4-2-8-5-10(13(16,17)18)3-1-9(8)6-11/h1-6,12H,7H2/q-1. The molecule has 19 heavy (non-hydrogen) atoms. The topological polar surface area (TPSA) is 9.23 Å². The first-order valence-electron chi connectivity index (χ1n) is 5.51. The van der Waals surface area contributed by atoms with Gasteiger partial charge in [-0.3, -0.25) is 0 Å². The lowest BCUT2D eigenvalue weighted by Gasteiger charge is -2.15. The summed E-state index contributed by atoms with van der Waals surface area (Å²) in [5.74, 6) is 0.207. The quantitative estimate of drug-likeness (QED) is 0.612. The third-order valence-electron chi connectivity index (χ3n) is 2.59. The summed E-state index contributed by atoms with van der Waals surface area (Å²) in [6.45, 7) is -5.78. The van der Waals surface area contributed by atoms with Crippen LogP contribution in [0.15, 0.2) is 36.4 Å². The summed E-state index contributed by atoms with van der Waals surface area (Å²) in [4.78, 5) is 0. The Morgan fingerprint density at radius 3 is 2.21 bits per heavy atom. The molecule has 0 fully saturated rings. The van der Waals surface area contributed by atoms with Crippen LogP contribution in [0, 0.1) is 0 Å². The average Bonchev–Trinajstić information content (AvgIpc) is 2.34. The van der Waals surface area contributed by atoms with Crippen LogP contribution in [0.2, 0.25) is 0 Å². The molecule has 0 amide bonds. The maximum atomic E-state index is 12.6. The molecule has 2 aromatic rings. The molecule has 0 saturated carbocycles. The Kier molecular flexibility index (Phi) is 3.64. The van der Waals surface area contributed by atoms with Gasteiger partial charge in [0.05, 0.1) is 0 Å². The van der Waals surface area contributed by atoms with Crippen LogP contribution < -0.4 is 10.2 Å². The third-order valence-corrected chi connectivity index (χ3v) is 2.59. The van der Waals surface area contributed by atoms with E-state index in [9.17, 15) is 21.7 Å². The van der Waals surface area contributed by atoms with Crippen LogP contribution in [-0.4, -0.2) is 20.0 Å². The minimum absolute atomic E-state index is 0.207. The number of alkyl halides is 2. The van der Waals surface area contributed by atoms with E-state index in [2.05, 4.69) is 0 Å². The van der Waals surface area contributed by atoms with E-state index in [1.165, 1.54) is 24.3 Å². The van der Waals surface area contributed by atoms with Crippen molar-refractivity contribution in [3.8, 4) is 5.75 Å². The predicted octanol–water partition coefficient (Wildman–Crippen LogP) is 3.54. The number of hydrogen-bond acceptors (Lipinski definition) is 1. The Morgan fingerprint density at radius 2 is 1.58 bits per heavy atom. The highest BCUT2D eigenvalue weighted by Gasteiger charge is 2.25. The molecule has 0 heterocycles. The smallest absolute Gasteiger partial charge is 0.488 e. The number of fused-ring (bicyclic) bond motifs is 1. The van der Waals surface area contributed by atoms with Crippen molar-refractivity contribution in [2.45, 2.75) is 6.43 Å². The molecule has 1 nitrogen and oxygen atoms in total. The Morgan fingerprint density at radius 1 is 0.947 bits per heavy atom. The molecule has 0 aromatic heterocycles. The fourth-order valence-electron chi connectivity index (χ4n) is 1.69. The minimum Gasteiger partial charge on any atom is -0.488 e. The maximum absolute atomic E-state index is 12.6. The summed E-state index contributed by atoms with van der Waals surface area (Å²) in [5, 5.41) is 0.900. The van der Waals surface area contributed by atoms with Gasteiger partial charge in [0.1, 0.15) is 12.4 Å². The fourth-order valence-corrected chi connectivity index (χ4v) is 1.69. The lowest BCUT2D eigenvalue weighted by molar-refractivity contribution is 0.0820. The number of rotatable bonds is 4. The molecular formula is C12H9BF5O-. The van der Waals surface area contributed by atoms with Crippen molar-refractivity contribution < 1.29 is 26.5 Å². The molecular weight excluding hydrogens is 266 g/mol. The summed E-state index contributed by atoms with van der Waals surface area (Å²) < 4.78 is 66.4. The summed E-state index contributed by atoms with van der Waals surface area (Å²) in [6, 6.07) is 7.53. The molecule has 0 aliphatic carbocycles. The van der Waals surface area contributed by atoms with Crippen LogP contribution in [0.1, 0.15) is 0 Å². The molecule has 0 atom stereocenters. The summed E-state index contributed by atoms with van der Waals surface area (Å²) >= 11 is 0. The van der Waals surface area contributed by atoms with Crippen molar-refractivity contribution in [1.82, 2.24) is 0 Å². The van der Waals surface area contributed by atoms with Gasteiger partial charge in [-0.25, -0.2) is 8.78 Å². The molecule has 0 bridgehead atoms. The average molecular weight is 275 g/mol. The first kappa shape index (κ1) is 13.6.